The Kier molecular flexibility index (Phi) is 59.6. The van der Waals surface area contributed by atoms with Gasteiger partial charge in [0.1, 0.15) is 19.3 Å². The van der Waals surface area contributed by atoms with Crippen LogP contribution in [-0.4, -0.2) is 96.7 Å². The van der Waals surface area contributed by atoms with Crippen LogP contribution >= 0.6 is 15.6 Å². The monoisotopic (exact) mass is 1310 g/mol. The number of rotatable bonds is 68. The van der Waals surface area contributed by atoms with Crippen molar-refractivity contribution < 1.29 is 80.2 Å². The number of carbonyl (C=O) groups is 4. The van der Waals surface area contributed by atoms with Crippen molar-refractivity contribution in [2.45, 2.75) is 369 Å². The quantitative estimate of drug-likeness (QED) is 0.0222. The van der Waals surface area contributed by atoms with E-state index in [0.29, 0.717) is 25.7 Å². The summed E-state index contributed by atoms with van der Waals surface area (Å²) < 4.78 is 68.2. The van der Waals surface area contributed by atoms with Crippen molar-refractivity contribution in [3.63, 3.8) is 0 Å². The number of phosphoric ester groups is 2. The number of aliphatic hydroxyl groups excluding tert-OH is 1. The number of esters is 4. The van der Waals surface area contributed by atoms with Crippen molar-refractivity contribution in [2.75, 3.05) is 39.6 Å². The molecule has 89 heavy (non-hydrogen) atoms. The third-order valence-electron chi connectivity index (χ3n) is 17.2. The molecule has 0 aliphatic rings. The molecule has 0 amide bonds. The molecule has 0 aromatic carbocycles. The third kappa shape index (κ3) is 60.7. The molecule has 5 unspecified atom stereocenters. The highest BCUT2D eigenvalue weighted by Gasteiger charge is 2.30. The van der Waals surface area contributed by atoms with Gasteiger partial charge in [0.25, 0.3) is 0 Å². The molecule has 0 bridgehead atoms. The summed E-state index contributed by atoms with van der Waals surface area (Å²) in [6.45, 7) is 11.8. The average Bonchev–Trinajstić information content (AvgIpc) is 3.55. The Morgan fingerprint density at radius 2 is 0.539 bits per heavy atom. The summed E-state index contributed by atoms with van der Waals surface area (Å²) in [6, 6.07) is 0. The zero-order valence-electron chi connectivity index (χ0n) is 57.9. The minimum Gasteiger partial charge on any atom is -0.462 e. The van der Waals surface area contributed by atoms with Crippen molar-refractivity contribution in [2.24, 2.45) is 17.8 Å². The molecule has 0 heterocycles. The second-order valence-corrected chi connectivity index (χ2v) is 28.9. The number of unbranched alkanes of at least 4 members (excludes halogenated alkanes) is 33. The van der Waals surface area contributed by atoms with Gasteiger partial charge in [-0.15, -0.1) is 0 Å². The van der Waals surface area contributed by atoms with Crippen molar-refractivity contribution >= 4 is 39.5 Å². The highest BCUT2D eigenvalue weighted by Crippen LogP contribution is 2.45. The first-order chi connectivity index (χ1) is 42.8. The van der Waals surface area contributed by atoms with Crippen molar-refractivity contribution in [3.05, 3.63) is 0 Å². The highest BCUT2D eigenvalue weighted by atomic mass is 31.2. The largest absolute Gasteiger partial charge is 0.472 e. The molecule has 528 valence electrons. The Morgan fingerprint density at radius 3 is 0.798 bits per heavy atom. The molecule has 8 atom stereocenters. The van der Waals surface area contributed by atoms with Crippen molar-refractivity contribution in [3.8, 4) is 0 Å². The fourth-order valence-electron chi connectivity index (χ4n) is 10.4. The van der Waals surface area contributed by atoms with Gasteiger partial charge in [0.05, 0.1) is 26.4 Å². The van der Waals surface area contributed by atoms with Crippen molar-refractivity contribution in [1.82, 2.24) is 0 Å². The maximum absolute atomic E-state index is 13.0. The van der Waals surface area contributed by atoms with Crippen LogP contribution in [0.4, 0.5) is 0 Å². The van der Waals surface area contributed by atoms with Crippen LogP contribution in [0.15, 0.2) is 0 Å². The molecule has 0 fully saturated rings. The molecule has 0 aromatic heterocycles. The predicted molar refractivity (Wildman–Crippen MR) is 358 cm³/mol. The summed E-state index contributed by atoms with van der Waals surface area (Å²) in [7, 11) is -9.90. The lowest BCUT2D eigenvalue weighted by Crippen LogP contribution is -2.30. The minimum absolute atomic E-state index is 0.102. The van der Waals surface area contributed by atoms with Crippen LogP contribution in [0.2, 0.25) is 0 Å². The van der Waals surface area contributed by atoms with E-state index in [-0.39, 0.29) is 25.7 Å². The Balaban J connectivity index is 5.23. The number of hydrogen-bond acceptors (Lipinski definition) is 15. The summed E-state index contributed by atoms with van der Waals surface area (Å²) >= 11 is 0. The Labute approximate surface area is 543 Å². The number of phosphoric acid groups is 2. The van der Waals surface area contributed by atoms with E-state index < -0.39 is 97.5 Å². The van der Waals surface area contributed by atoms with Gasteiger partial charge in [-0.05, 0) is 43.4 Å². The fourth-order valence-corrected chi connectivity index (χ4v) is 12.0. The molecular formula is C70H136O17P2. The van der Waals surface area contributed by atoms with E-state index in [1.54, 1.807) is 0 Å². The van der Waals surface area contributed by atoms with Gasteiger partial charge in [-0.2, -0.15) is 0 Å². The lowest BCUT2D eigenvalue weighted by molar-refractivity contribution is -0.161. The van der Waals surface area contributed by atoms with E-state index in [1.165, 1.54) is 154 Å². The minimum atomic E-state index is -4.95. The number of carbonyl (C=O) groups excluding carboxylic acids is 4. The molecule has 0 saturated carbocycles. The van der Waals surface area contributed by atoms with Gasteiger partial charge in [0.2, 0.25) is 0 Å². The van der Waals surface area contributed by atoms with Gasteiger partial charge >= 0.3 is 39.5 Å². The first kappa shape index (κ1) is 87.1. The van der Waals surface area contributed by atoms with Gasteiger partial charge in [-0.1, -0.05) is 299 Å². The van der Waals surface area contributed by atoms with Crippen molar-refractivity contribution in [1.29, 1.82) is 0 Å². The highest BCUT2D eigenvalue weighted by molar-refractivity contribution is 7.47. The van der Waals surface area contributed by atoms with Gasteiger partial charge in [0.15, 0.2) is 12.2 Å². The normalized spacial score (nSPS) is 15.1. The molecule has 0 rings (SSSR count). The van der Waals surface area contributed by atoms with Gasteiger partial charge < -0.3 is 33.8 Å². The first-order valence-corrected chi connectivity index (χ1v) is 39.5. The summed E-state index contributed by atoms with van der Waals surface area (Å²) in [4.78, 5) is 72.5. The predicted octanol–water partition coefficient (Wildman–Crippen LogP) is 19.8. The van der Waals surface area contributed by atoms with Crippen LogP contribution < -0.4 is 0 Å². The maximum Gasteiger partial charge on any atom is 0.472 e. The second-order valence-electron chi connectivity index (χ2n) is 26.0. The number of aliphatic hydroxyl groups is 1. The molecular weight excluding hydrogens is 1170 g/mol. The van der Waals surface area contributed by atoms with Crippen LogP contribution in [0.3, 0.4) is 0 Å². The van der Waals surface area contributed by atoms with Crippen LogP contribution in [0.5, 0.6) is 0 Å². The maximum atomic E-state index is 13.0. The fraction of sp³-hybridized carbons (Fsp3) is 0.943. The lowest BCUT2D eigenvalue weighted by atomic mass is 9.99. The Bertz CT molecular complexity index is 1760. The Morgan fingerprint density at radius 1 is 0.315 bits per heavy atom. The van der Waals surface area contributed by atoms with Gasteiger partial charge in [-0.3, -0.25) is 37.3 Å². The molecule has 0 spiro atoms. The molecule has 0 aliphatic heterocycles. The standard InChI is InChI=1S/C70H136O17P2/c1-8-12-13-14-15-16-21-25-28-37-44-51-67(72)80-57-65(86-69(74)53-46-39-29-26-23-20-18-17-19-22-24-27-34-41-48-61(5)9-2)59-84-88(76,77)82-55-64(71)56-83-89(78,79)85-60-66(87-70(75)54-47-40-33-31-36-43-50-63(7)11-4)58-81-68(73)52-45-38-32-30-35-42-49-62(6)10-3/h61-66,71H,8-60H2,1-7H3,(H,76,77)(H,78,79)/t61?,62?,63?,64-,65-,66-/m1/s1. The first-order valence-electron chi connectivity index (χ1n) is 36.5. The molecule has 0 radical (unpaired) electrons. The molecule has 0 aliphatic carbocycles. The van der Waals surface area contributed by atoms with E-state index in [9.17, 15) is 43.2 Å². The van der Waals surface area contributed by atoms with Crippen LogP contribution in [0, 0.1) is 17.8 Å². The van der Waals surface area contributed by atoms with E-state index in [1.807, 2.05) is 0 Å². The van der Waals surface area contributed by atoms with E-state index in [0.717, 1.165) is 114 Å². The summed E-state index contributed by atoms with van der Waals surface area (Å²) in [5.74, 6) is 0.167. The van der Waals surface area contributed by atoms with E-state index in [4.69, 9.17) is 37.0 Å². The van der Waals surface area contributed by atoms with Crippen LogP contribution in [0.25, 0.3) is 0 Å². The average molecular weight is 1310 g/mol. The van der Waals surface area contributed by atoms with Gasteiger partial charge in [-0.25, -0.2) is 9.13 Å². The molecule has 0 aromatic rings. The van der Waals surface area contributed by atoms with Crippen LogP contribution in [-0.2, 0) is 65.4 Å². The smallest absolute Gasteiger partial charge is 0.462 e. The number of ether oxygens (including phenoxy) is 4. The summed E-state index contributed by atoms with van der Waals surface area (Å²) in [5, 5.41) is 10.6. The second kappa shape index (κ2) is 61.0. The van der Waals surface area contributed by atoms with Crippen LogP contribution in [0.1, 0.15) is 350 Å². The molecule has 3 N–H and O–H groups in total. The lowest BCUT2D eigenvalue weighted by Gasteiger charge is -2.21. The summed E-state index contributed by atoms with van der Waals surface area (Å²) in [6.07, 6.45) is 44.4. The van der Waals surface area contributed by atoms with E-state index in [2.05, 4.69) is 48.5 Å². The third-order valence-corrected chi connectivity index (χ3v) is 19.1. The SMILES string of the molecule is CCCCCCCCCCCCCC(=O)OC[C@H](COP(=O)(O)OC[C@@H](O)COP(=O)(O)OC[C@@H](COC(=O)CCCCCCCCC(C)CC)OC(=O)CCCCCCCCC(C)CC)OC(=O)CCCCCCCCCCCCCCCCC(C)CC. The molecule has 17 nitrogen and oxygen atoms in total. The van der Waals surface area contributed by atoms with Gasteiger partial charge in [0, 0.05) is 25.7 Å². The molecule has 0 saturated heterocycles. The Hall–Kier alpha value is -1.94. The molecule has 19 heteroatoms. The summed E-state index contributed by atoms with van der Waals surface area (Å²) in [5.41, 5.74) is 0. The zero-order chi connectivity index (χ0) is 65.9. The van der Waals surface area contributed by atoms with E-state index >= 15 is 0 Å². The zero-order valence-corrected chi connectivity index (χ0v) is 59.7. The number of hydrogen-bond donors (Lipinski definition) is 3. The topological polar surface area (TPSA) is 237 Å².